The minimum atomic E-state index is -4.43. The Balaban J connectivity index is 2.34. The number of alkyl halides is 5. The van der Waals surface area contributed by atoms with Gasteiger partial charge in [0.2, 0.25) is 11.5 Å². The van der Waals surface area contributed by atoms with E-state index in [9.17, 15) is 31.1 Å². The second-order valence-corrected chi connectivity index (χ2v) is 5.77. The highest BCUT2D eigenvalue weighted by atomic mass is 35.5. The normalized spacial score (nSPS) is 44.6. The summed E-state index contributed by atoms with van der Waals surface area (Å²) < 4.78 is 85.5. The van der Waals surface area contributed by atoms with Crippen molar-refractivity contribution in [3.05, 3.63) is 47.5 Å². The van der Waals surface area contributed by atoms with Crippen LogP contribution in [-0.4, -0.2) is 28.4 Å². The van der Waals surface area contributed by atoms with Crippen LogP contribution in [0.3, 0.4) is 0 Å². The summed E-state index contributed by atoms with van der Waals surface area (Å²) in [6, 6.07) is 6.23. The molecule has 0 N–H and O–H groups in total. The van der Waals surface area contributed by atoms with Gasteiger partial charge in [-0.1, -0.05) is 41.9 Å². The summed E-state index contributed by atoms with van der Waals surface area (Å²) in [7, 11) is 0. The van der Waals surface area contributed by atoms with E-state index in [0.717, 1.165) is 12.1 Å². The number of rotatable bonds is 1. The highest BCUT2D eigenvalue weighted by Gasteiger charge is 2.84. The minimum Gasteiger partial charge on any atom is -0.290 e. The first-order chi connectivity index (χ1) is 10.1. The van der Waals surface area contributed by atoms with E-state index < -0.39 is 46.0 Å². The van der Waals surface area contributed by atoms with E-state index in [4.69, 9.17) is 11.6 Å². The molecule has 0 heterocycles. The lowest BCUT2D eigenvalue weighted by atomic mass is 9.59. The zero-order chi connectivity index (χ0) is 16.5. The zero-order valence-corrected chi connectivity index (χ0v) is 11.4. The third kappa shape index (κ3) is 1.41. The van der Waals surface area contributed by atoms with Gasteiger partial charge in [0.05, 0.1) is 5.92 Å². The van der Waals surface area contributed by atoms with Gasteiger partial charge in [-0.3, -0.25) is 4.79 Å². The number of carbonyl (C=O) groups excluding carboxylic acids is 1. The third-order valence-electron chi connectivity index (χ3n) is 4.16. The van der Waals surface area contributed by atoms with Crippen molar-refractivity contribution in [1.29, 1.82) is 0 Å². The predicted octanol–water partition coefficient (Wildman–Crippen LogP) is 4.18. The molecule has 4 rings (SSSR count). The van der Waals surface area contributed by atoms with E-state index in [2.05, 4.69) is 0 Å². The van der Waals surface area contributed by atoms with Crippen molar-refractivity contribution < 1.29 is 31.1 Å². The maximum Gasteiger partial charge on any atom is 0.288 e. The van der Waals surface area contributed by atoms with Crippen LogP contribution in [0.4, 0.5) is 26.3 Å². The SMILES string of the molecule is O=C1[C@@]2(F)C(F)=C(F)[C@](F)([C@H](F)[C@H]2c2ccccc2)[C@@]1(F)Cl. The highest BCUT2D eigenvalue weighted by Crippen LogP contribution is 2.65. The summed E-state index contributed by atoms with van der Waals surface area (Å²) in [5.41, 5.74) is -8.79. The summed E-state index contributed by atoms with van der Waals surface area (Å²) in [6.07, 6.45) is -3.22. The molecule has 1 aromatic carbocycles. The molecular formula is C14H7ClF6O. The van der Waals surface area contributed by atoms with E-state index in [-0.39, 0.29) is 5.56 Å². The fourth-order valence-corrected chi connectivity index (χ4v) is 3.34. The summed E-state index contributed by atoms with van der Waals surface area (Å²) in [5.74, 6) is -9.90. The Kier molecular flexibility index (Phi) is 2.99. The van der Waals surface area contributed by atoms with Gasteiger partial charge < -0.3 is 0 Å². The third-order valence-corrected chi connectivity index (χ3v) is 4.61. The van der Waals surface area contributed by atoms with E-state index in [1.807, 2.05) is 0 Å². The smallest absolute Gasteiger partial charge is 0.288 e. The molecule has 0 aromatic heterocycles. The van der Waals surface area contributed by atoms with Crippen molar-refractivity contribution in [2.75, 3.05) is 0 Å². The van der Waals surface area contributed by atoms with Crippen LogP contribution in [0, 0.1) is 0 Å². The molecular weight excluding hydrogens is 334 g/mol. The van der Waals surface area contributed by atoms with Crippen LogP contribution in [0.2, 0.25) is 0 Å². The molecule has 0 saturated heterocycles. The molecule has 1 nitrogen and oxygen atoms in total. The largest absolute Gasteiger partial charge is 0.290 e. The van der Waals surface area contributed by atoms with Crippen LogP contribution in [0.15, 0.2) is 42.0 Å². The van der Waals surface area contributed by atoms with Gasteiger partial charge in [0.1, 0.15) is 0 Å². The molecule has 3 aliphatic rings. The summed E-state index contributed by atoms with van der Waals surface area (Å²) in [4.78, 5) is 11.8. The maximum atomic E-state index is 14.9. The summed E-state index contributed by atoms with van der Waals surface area (Å²) >= 11 is 4.95. The maximum absolute atomic E-state index is 14.9. The monoisotopic (exact) mass is 340 g/mol. The molecule has 1 saturated carbocycles. The molecule has 3 aliphatic carbocycles. The van der Waals surface area contributed by atoms with Crippen molar-refractivity contribution in [2.24, 2.45) is 0 Å². The quantitative estimate of drug-likeness (QED) is 0.554. The Hall–Kier alpha value is -1.50. The van der Waals surface area contributed by atoms with Gasteiger partial charge in [-0.2, -0.15) is 0 Å². The number of fused-ring (bicyclic) bond motifs is 2. The Morgan fingerprint density at radius 1 is 1.00 bits per heavy atom. The minimum absolute atomic E-state index is 0.317. The van der Waals surface area contributed by atoms with Crippen molar-refractivity contribution in [2.45, 2.75) is 28.6 Å². The fourth-order valence-electron chi connectivity index (χ4n) is 3.01. The Labute approximate surface area is 125 Å². The van der Waals surface area contributed by atoms with Gasteiger partial charge in [0.25, 0.3) is 10.8 Å². The van der Waals surface area contributed by atoms with E-state index in [1.54, 1.807) is 0 Å². The Bertz CT molecular complexity index is 690. The Morgan fingerprint density at radius 2 is 1.55 bits per heavy atom. The standard InChI is InChI=1S/C14H7ClF6O/c15-14(21)11(22)12(19)7(6-4-2-1-3-5-6)8(16)13(14,20)10(18)9(12)17/h1-5,7-8H/t7-,8-,12+,13-,14-/m1/s1. The Morgan fingerprint density at radius 3 is 2.09 bits per heavy atom. The van der Waals surface area contributed by atoms with Gasteiger partial charge in [0, 0.05) is 0 Å². The van der Waals surface area contributed by atoms with Crippen molar-refractivity contribution in [3.8, 4) is 0 Å². The molecule has 22 heavy (non-hydrogen) atoms. The highest BCUT2D eigenvalue weighted by molar-refractivity contribution is 6.37. The first-order valence-corrected chi connectivity index (χ1v) is 6.54. The summed E-state index contributed by atoms with van der Waals surface area (Å²) in [6.45, 7) is 0. The first kappa shape index (κ1) is 15.4. The predicted molar refractivity (Wildman–Crippen MR) is 65.7 cm³/mol. The number of allylic oxidation sites excluding steroid dienone is 2. The van der Waals surface area contributed by atoms with E-state index in [0.29, 0.717) is 0 Å². The molecule has 0 aliphatic heterocycles. The van der Waals surface area contributed by atoms with Crippen LogP contribution in [0.1, 0.15) is 11.5 Å². The zero-order valence-electron chi connectivity index (χ0n) is 10.6. The number of Topliss-reactive ketones (excluding diaryl/α,β-unsaturated/α-hetero) is 1. The molecule has 0 spiro atoms. The number of carbonyl (C=O) groups is 1. The van der Waals surface area contributed by atoms with Crippen LogP contribution in [-0.2, 0) is 4.79 Å². The molecule has 118 valence electrons. The molecule has 0 radical (unpaired) electrons. The molecule has 0 amide bonds. The number of ketones is 1. The van der Waals surface area contributed by atoms with Gasteiger partial charge in [-0.15, -0.1) is 0 Å². The molecule has 8 heteroatoms. The molecule has 0 unspecified atom stereocenters. The second-order valence-electron chi connectivity index (χ2n) is 5.25. The lowest BCUT2D eigenvalue weighted by Gasteiger charge is -2.52. The van der Waals surface area contributed by atoms with Crippen molar-refractivity contribution in [3.63, 3.8) is 0 Å². The van der Waals surface area contributed by atoms with Crippen molar-refractivity contribution in [1.82, 2.24) is 0 Å². The summed E-state index contributed by atoms with van der Waals surface area (Å²) in [5, 5.41) is -4.37. The second kappa shape index (κ2) is 4.28. The first-order valence-electron chi connectivity index (χ1n) is 6.17. The topological polar surface area (TPSA) is 17.1 Å². The average Bonchev–Trinajstić information content (AvgIpc) is 2.50. The van der Waals surface area contributed by atoms with Gasteiger partial charge in [0.15, 0.2) is 17.8 Å². The average molecular weight is 341 g/mol. The number of halogens is 7. The van der Waals surface area contributed by atoms with Crippen LogP contribution in [0.25, 0.3) is 0 Å². The van der Waals surface area contributed by atoms with Gasteiger partial charge in [-0.25, -0.2) is 26.3 Å². The molecule has 1 fully saturated rings. The van der Waals surface area contributed by atoms with E-state index in [1.165, 1.54) is 18.2 Å². The van der Waals surface area contributed by atoms with Gasteiger partial charge >= 0.3 is 0 Å². The van der Waals surface area contributed by atoms with Crippen LogP contribution < -0.4 is 0 Å². The van der Waals surface area contributed by atoms with Crippen LogP contribution in [0.5, 0.6) is 0 Å². The van der Waals surface area contributed by atoms with E-state index >= 15 is 0 Å². The number of hydrogen-bond donors (Lipinski definition) is 0. The fraction of sp³-hybridized carbons (Fsp3) is 0.357. The van der Waals surface area contributed by atoms with Crippen LogP contribution >= 0.6 is 11.6 Å². The van der Waals surface area contributed by atoms with Crippen molar-refractivity contribution >= 4 is 17.4 Å². The number of benzene rings is 1. The lowest BCUT2D eigenvalue weighted by molar-refractivity contribution is -0.174. The lowest BCUT2D eigenvalue weighted by Crippen LogP contribution is -2.74. The van der Waals surface area contributed by atoms with Gasteiger partial charge in [-0.05, 0) is 5.56 Å². The molecule has 5 atom stereocenters. The molecule has 2 bridgehead atoms. The molecule has 1 aromatic rings. The number of hydrogen-bond acceptors (Lipinski definition) is 1.